The lowest BCUT2D eigenvalue weighted by molar-refractivity contribution is -0.953. The maximum atomic E-state index is 14.8. The molecule has 2 aromatic carbocycles. The lowest BCUT2D eigenvalue weighted by atomic mass is 9.94. The third kappa shape index (κ3) is 4.69. The van der Waals surface area contributed by atoms with Gasteiger partial charge in [-0.05, 0) is 69.2 Å². The van der Waals surface area contributed by atoms with E-state index in [2.05, 4.69) is 43.0 Å². The van der Waals surface area contributed by atoms with Crippen LogP contribution in [0.5, 0.6) is 0 Å². The predicted molar refractivity (Wildman–Crippen MR) is 120 cm³/mol. The summed E-state index contributed by atoms with van der Waals surface area (Å²) in [5, 5.41) is 0. The van der Waals surface area contributed by atoms with Crippen LogP contribution in [-0.4, -0.2) is 42.7 Å². The van der Waals surface area contributed by atoms with Gasteiger partial charge in [0.05, 0.1) is 31.4 Å². The minimum Gasteiger partial charge on any atom is -1.00 e. The van der Waals surface area contributed by atoms with E-state index in [1.165, 1.54) is 54.5 Å². The van der Waals surface area contributed by atoms with Crippen LogP contribution in [0.1, 0.15) is 50.7 Å². The Morgan fingerprint density at radius 1 is 0.933 bits per heavy atom. The molecule has 4 heteroatoms. The standard InChI is InChI=1S/C26H36FN2.HI/c1-3-29(4-2)18-10-9-13-24(29)16-17-28(26-15-8-7-14-25(26)27)23-19-21-11-5-6-12-22(21)20-23;/h5-8,11-12,14-15,23-24H,3-4,9-10,13,16-20H2,1-2H3;1H/q+1;/p-1. The van der Waals surface area contributed by atoms with Gasteiger partial charge in [-0.25, -0.2) is 4.39 Å². The molecule has 0 N–H and O–H groups in total. The highest BCUT2D eigenvalue weighted by atomic mass is 127. The third-order valence-electron chi connectivity index (χ3n) is 7.76. The molecule has 1 aliphatic carbocycles. The van der Waals surface area contributed by atoms with Crippen molar-refractivity contribution in [2.75, 3.05) is 31.1 Å². The SMILES string of the molecule is CC[N+]1(CC)CCCCC1CCN(c1ccccc1F)C1Cc2ccccc2C1.[I-]. The van der Waals surface area contributed by atoms with Crippen LogP contribution >= 0.6 is 0 Å². The second kappa shape index (κ2) is 10.4. The minimum absolute atomic E-state index is 0. The smallest absolute Gasteiger partial charge is 0.146 e. The van der Waals surface area contributed by atoms with E-state index in [0.29, 0.717) is 12.1 Å². The van der Waals surface area contributed by atoms with Crippen LogP contribution in [0.25, 0.3) is 0 Å². The van der Waals surface area contributed by atoms with Crippen molar-refractivity contribution >= 4 is 5.69 Å². The molecule has 164 valence electrons. The maximum Gasteiger partial charge on any atom is 0.146 e. The number of fused-ring (bicyclic) bond motifs is 1. The molecule has 1 heterocycles. The molecule has 4 rings (SSSR count). The first kappa shape index (κ1) is 23.5. The Balaban J connectivity index is 0.00000256. The van der Waals surface area contributed by atoms with Crippen molar-refractivity contribution in [3.05, 3.63) is 65.5 Å². The normalized spacial score (nSPS) is 20.4. The lowest BCUT2D eigenvalue weighted by Gasteiger charge is -2.47. The molecular formula is C26H36FIN2. The monoisotopic (exact) mass is 522 g/mol. The van der Waals surface area contributed by atoms with Gasteiger partial charge in [0.2, 0.25) is 0 Å². The molecule has 2 nitrogen and oxygen atoms in total. The number of para-hydroxylation sites is 1. The van der Waals surface area contributed by atoms with E-state index >= 15 is 0 Å². The number of hydrogen-bond donors (Lipinski definition) is 0. The Hall–Kier alpha value is -1.14. The molecule has 1 atom stereocenters. The number of nitrogens with zero attached hydrogens (tertiary/aromatic N) is 2. The molecule has 1 unspecified atom stereocenters. The Morgan fingerprint density at radius 2 is 1.57 bits per heavy atom. The van der Waals surface area contributed by atoms with E-state index < -0.39 is 0 Å². The van der Waals surface area contributed by atoms with Crippen molar-refractivity contribution in [3.8, 4) is 0 Å². The Labute approximate surface area is 199 Å². The van der Waals surface area contributed by atoms with Crippen molar-refractivity contribution in [2.45, 2.75) is 64.5 Å². The van der Waals surface area contributed by atoms with Crippen molar-refractivity contribution < 1.29 is 32.9 Å². The summed E-state index contributed by atoms with van der Waals surface area (Å²) >= 11 is 0. The van der Waals surface area contributed by atoms with Crippen molar-refractivity contribution in [1.82, 2.24) is 0 Å². The van der Waals surface area contributed by atoms with Crippen LogP contribution in [0.2, 0.25) is 0 Å². The summed E-state index contributed by atoms with van der Waals surface area (Å²) < 4.78 is 16.1. The number of piperidine rings is 1. The van der Waals surface area contributed by atoms with E-state index in [9.17, 15) is 4.39 Å². The van der Waals surface area contributed by atoms with Crippen molar-refractivity contribution in [2.24, 2.45) is 0 Å². The van der Waals surface area contributed by atoms with E-state index in [1.54, 1.807) is 12.1 Å². The molecule has 0 saturated carbocycles. The average Bonchev–Trinajstić information content (AvgIpc) is 3.19. The van der Waals surface area contributed by atoms with Crippen LogP contribution in [0, 0.1) is 5.82 Å². The maximum absolute atomic E-state index is 14.8. The summed E-state index contributed by atoms with van der Waals surface area (Å²) in [6, 6.07) is 17.2. The van der Waals surface area contributed by atoms with Crippen LogP contribution in [-0.2, 0) is 12.8 Å². The van der Waals surface area contributed by atoms with Crippen molar-refractivity contribution in [1.29, 1.82) is 0 Å². The molecule has 1 aliphatic heterocycles. The van der Waals surface area contributed by atoms with E-state index in [4.69, 9.17) is 0 Å². The van der Waals surface area contributed by atoms with Gasteiger partial charge in [0, 0.05) is 19.0 Å². The Morgan fingerprint density at radius 3 is 2.20 bits per heavy atom. The molecule has 30 heavy (non-hydrogen) atoms. The van der Waals surface area contributed by atoms with E-state index in [1.807, 2.05) is 12.1 Å². The minimum atomic E-state index is -0.0844. The molecule has 2 aromatic rings. The first-order valence-electron chi connectivity index (χ1n) is 11.6. The summed E-state index contributed by atoms with van der Waals surface area (Å²) in [6.45, 7) is 9.40. The van der Waals surface area contributed by atoms with Gasteiger partial charge >= 0.3 is 0 Å². The largest absolute Gasteiger partial charge is 1.00 e. The molecule has 0 amide bonds. The molecule has 0 radical (unpaired) electrons. The Kier molecular flexibility index (Phi) is 8.19. The third-order valence-corrected chi connectivity index (χ3v) is 7.76. The predicted octanol–water partition coefficient (Wildman–Crippen LogP) is 2.60. The molecule has 1 fully saturated rings. The summed E-state index contributed by atoms with van der Waals surface area (Å²) in [4.78, 5) is 2.39. The Bertz CT molecular complexity index is 795. The molecule has 2 aliphatic rings. The number of hydrogen-bond acceptors (Lipinski definition) is 1. The number of quaternary nitrogens is 1. The number of benzene rings is 2. The van der Waals surface area contributed by atoms with Gasteiger partial charge in [0.1, 0.15) is 5.82 Å². The van der Waals surface area contributed by atoms with Gasteiger partial charge < -0.3 is 33.4 Å². The molecule has 0 spiro atoms. The fourth-order valence-electron chi connectivity index (χ4n) is 5.97. The van der Waals surface area contributed by atoms with Crippen LogP contribution in [0.15, 0.2) is 48.5 Å². The number of rotatable bonds is 7. The van der Waals surface area contributed by atoms with Crippen LogP contribution in [0.4, 0.5) is 10.1 Å². The molecule has 1 saturated heterocycles. The summed E-state index contributed by atoms with van der Waals surface area (Å²) in [5.74, 6) is -0.0844. The van der Waals surface area contributed by atoms with Crippen LogP contribution < -0.4 is 28.9 Å². The second-order valence-corrected chi connectivity index (χ2v) is 8.99. The van der Waals surface area contributed by atoms with Gasteiger partial charge in [-0.2, -0.15) is 0 Å². The first-order valence-corrected chi connectivity index (χ1v) is 11.6. The van der Waals surface area contributed by atoms with E-state index in [-0.39, 0.29) is 29.8 Å². The summed E-state index contributed by atoms with van der Waals surface area (Å²) in [6.07, 6.45) is 7.22. The first-order chi connectivity index (χ1) is 14.2. The number of anilines is 1. The summed E-state index contributed by atoms with van der Waals surface area (Å²) in [7, 11) is 0. The highest BCUT2D eigenvalue weighted by Crippen LogP contribution is 2.33. The highest BCUT2D eigenvalue weighted by molar-refractivity contribution is 5.51. The molecule has 0 bridgehead atoms. The van der Waals surface area contributed by atoms with Crippen molar-refractivity contribution in [3.63, 3.8) is 0 Å². The number of likely N-dealkylation sites (tertiary alicyclic amines) is 1. The number of halogens is 2. The second-order valence-electron chi connectivity index (χ2n) is 8.99. The fraction of sp³-hybridized carbons (Fsp3) is 0.538. The summed E-state index contributed by atoms with van der Waals surface area (Å²) in [5.41, 5.74) is 3.65. The van der Waals surface area contributed by atoms with Crippen LogP contribution in [0.3, 0.4) is 0 Å². The zero-order chi connectivity index (χ0) is 20.3. The van der Waals surface area contributed by atoms with E-state index in [0.717, 1.165) is 31.5 Å². The zero-order valence-electron chi connectivity index (χ0n) is 18.5. The molecule has 0 aromatic heterocycles. The quantitative estimate of drug-likeness (QED) is 0.400. The van der Waals surface area contributed by atoms with Gasteiger partial charge in [-0.1, -0.05) is 36.4 Å². The lowest BCUT2D eigenvalue weighted by Crippen LogP contribution is -3.00. The van der Waals surface area contributed by atoms with Gasteiger partial charge in [-0.3, -0.25) is 0 Å². The van der Waals surface area contributed by atoms with Gasteiger partial charge in [-0.15, -0.1) is 0 Å². The zero-order valence-corrected chi connectivity index (χ0v) is 20.7. The molecular weight excluding hydrogens is 486 g/mol. The van der Waals surface area contributed by atoms with Gasteiger partial charge in [0.15, 0.2) is 0 Å². The van der Waals surface area contributed by atoms with Gasteiger partial charge in [0.25, 0.3) is 0 Å². The highest BCUT2D eigenvalue weighted by Gasteiger charge is 2.37. The fourth-order valence-corrected chi connectivity index (χ4v) is 5.97. The topological polar surface area (TPSA) is 3.24 Å². The average molecular weight is 522 g/mol.